The lowest BCUT2D eigenvalue weighted by Crippen LogP contribution is -2.39. The number of anilines is 3. The van der Waals surface area contributed by atoms with Crippen molar-refractivity contribution in [3.8, 4) is 5.75 Å². The average Bonchev–Trinajstić information content (AvgIpc) is 3.26. The second-order valence-corrected chi connectivity index (χ2v) is 11.4. The third-order valence-electron chi connectivity index (χ3n) is 8.98. The van der Waals surface area contributed by atoms with Crippen molar-refractivity contribution < 1.29 is 24.3 Å². The highest BCUT2D eigenvalue weighted by Crippen LogP contribution is 2.55. The van der Waals surface area contributed by atoms with Gasteiger partial charge in [0.15, 0.2) is 11.6 Å². The molecule has 1 fully saturated rings. The molecule has 3 aliphatic carbocycles. The van der Waals surface area contributed by atoms with Gasteiger partial charge in [0.25, 0.3) is 0 Å². The van der Waals surface area contributed by atoms with Crippen molar-refractivity contribution in [1.82, 2.24) is 0 Å². The monoisotopic (exact) mass is 556 g/mol. The molecule has 4 aliphatic rings. The molecular formula is C35H28N2O5. The molecule has 0 radical (unpaired) electrons. The van der Waals surface area contributed by atoms with Crippen molar-refractivity contribution in [2.75, 3.05) is 10.2 Å². The number of rotatable bonds is 4. The van der Waals surface area contributed by atoms with Crippen LogP contribution in [-0.4, -0.2) is 28.5 Å². The number of aromatic hydroxyl groups is 1. The minimum Gasteiger partial charge on any atom is -0.508 e. The molecule has 3 aromatic rings. The summed E-state index contributed by atoms with van der Waals surface area (Å²) in [6.45, 7) is 1.64. The van der Waals surface area contributed by atoms with Crippen LogP contribution in [0, 0.1) is 17.8 Å². The summed E-state index contributed by atoms with van der Waals surface area (Å²) in [7, 11) is 0. The highest BCUT2D eigenvalue weighted by Gasteiger charge is 2.56. The zero-order valence-corrected chi connectivity index (χ0v) is 22.9. The van der Waals surface area contributed by atoms with Crippen LogP contribution in [0.2, 0.25) is 0 Å². The predicted octanol–water partition coefficient (Wildman–Crippen LogP) is 5.77. The molecule has 2 N–H and O–H groups in total. The van der Waals surface area contributed by atoms with Gasteiger partial charge in [-0.05, 0) is 85.9 Å². The minimum atomic E-state index is -0.637. The lowest BCUT2D eigenvalue weighted by molar-refractivity contribution is -0.123. The normalized spacial score (nSPS) is 25.0. The lowest BCUT2D eigenvalue weighted by atomic mass is 9.59. The summed E-state index contributed by atoms with van der Waals surface area (Å²) in [6, 6.07) is 23.6. The largest absolute Gasteiger partial charge is 0.508 e. The van der Waals surface area contributed by atoms with E-state index in [1.54, 1.807) is 43.3 Å². The number of para-hydroxylation sites is 1. The summed E-state index contributed by atoms with van der Waals surface area (Å²) in [4.78, 5) is 55.8. The fourth-order valence-electron chi connectivity index (χ4n) is 7.06. The lowest BCUT2D eigenvalue weighted by Gasteiger charge is -2.42. The number of fused-ring (bicyclic) bond motifs is 3. The van der Waals surface area contributed by atoms with E-state index in [1.165, 1.54) is 11.0 Å². The minimum absolute atomic E-state index is 0.0944. The van der Waals surface area contributed by atoms with Gasteiger partial charge in [-0.15, -0.1) is 0 Å². The Balaban J connectivity index is 1.24. The first-order chi connectivity index (χ1) is 20.3. The van der Waals surface area contributed by atoms with Gasteiger partial charge in [-0.2, -0.15) is 0 Å². The summed E-state index contributed by atoms with van der Waals surface area (Å²) in [5, 5.41) is 13.2. The molecule has 7 heteroatoms. The predicted molar refractivity (Wildman–Crippen MR) is 158 cm³/mol. The number of benzene rings is 3. The summed E-state index contributed by atoms with van der Waals surface area (Å²) >= 11 is 0. The van der Waals surface area contributed by atoms with Crippen LogP contribution in [0.4, 0.5) is 17.1 Å². The summed E-state index contributed by atoms with van der Waals surface area (Å²) < 4.78 is 0. The Hall–Kier alpha value is -5.04. The molecule has 7 rings (SSSR count). The standard InChI is InChI=1S/C35H28N2O5/c1-19-17-29(39)32-28(33(19)40)18-27-25(30(32)20-7-13-24(38)14-8-20)15-16-26-31(27)35(42)37(34(26)41)23-11-9-22(10-12-23)36-21-5-3-2-4-6-21/h2-15,17,26-27,30-31,36,38H,16,18H2,1H3. The molecule has 0 saturated carbocycles. The number of amides is 2. The van der Waals surface area contributed by atoms with Crippen molar-refractivity contribution in [3.63, 3.8) is 0 Å². The summed E-state index contributed by atoms with van der Waals surface area (Å²) in [5.74, 6) is -2.93. The number of allylic oxidation sites excluding steroid dienone is 6. The maximum Gasteiger partial charge on any atom is 0.238 e. The van der Waals surface area contributed by atoms with E-state index in [2.05, 4.69) is 5.32 Å². The van der Waals surface area contributed by atoms with Gasteiger partial charge < -0.3 is 10.4 Å². The molecule has 208 valence electrons. The van der Waals surface area contributed by atoms with Gasteiger partial charge in [0.05, 0.1) is 17.5 Å². The number of hydrogen-bond donors (Lipinski definition) is 2. The Bertz CT molecular complexity index is 1750. The Labute approximate surface area is 242 Å². The number of carbonyl (C=O) groups excluding carboxylic acids is 4. The molecule has 7 nitrogen and oxygen atoms in total. The first-order valence-electron chi connectivity index (χ1n) is 14.1. The number of Topliss-reactive ketones (excluding diaryl/α,β-unsaturated/α-hetero) is 1. The van der Waals surface area contributed by atoms with Crippen molar-refractivity contribution in [3.05, 3.63) is 119 Å². The first-order valence-corrected chi connectivity index (χ1v) is 14.1. The van der Waals surface area contributed by atoms with E-state index in [1.807, 2.05) is 48.5 Å². The Morgan fingerprint density at radius 1 is 0.810 bits per heavy atom. The Kier molecular flexibility index (Phi) is 6.04. The van der Waals surface area contributed by atoms with Gasteiger partial charge in [0.2, 0.25) is 11.8 Å². The molecule has 0 spiro atoms. The van der Waals surface area contributed by atoms with E-state index in [9.17, 15) is 24.3 Å². The zero-order valence-electron chi connectivity index (χ0n) is 22.9. The third-order valence-corrected chi connectivity index (χ3v) is 8.98. The van der Waals surface area contributed by atoms with Crippen LogP contribution < -0.4 is 10.2 Å². The smallest absolute Gasteiger partial charge is 0.238 e. The molecule has 1 aliphatic heterocycles. The Morgan fingerprint density at radius 2 is 1.50 bits per heavy atom. The van der Waals surface area contributed by atoms with E-state index in [4.69, 9.17) is 0 Å². The number of nitrogens with one attached hydrogen (secondary N) is 1. The van der Waals surface area contributed by atoms with E-state index >= 15 is 0 Å². The number of ketones is 2. The van der Waals surface area contributed by atoms with Gasteiger partial charge in [-0.1, -0.05) is 42.0 Å². The van der Waals surface area contributed by atoms with Crippen LogP contribution in [0.15, 0.2) is 113 Å². The molecular weight excluding hydrogens is 528 g/mol. The first kappa shape index (κ1) is 25.9. The highest BCUT2D eigenvalue weighted by atomic mass is 16.3. The van der Waals surface area contributed by atoms with Gasteiger partial charge >= 0.3 is 0 Å². The van der Waals surface area contributed by atoms with Crippen molar-refractivity contribution in [2.24, 2.45) is 17.8 Å². The molecule has 42 heavy (non-hydrogen) atoms. The van der Waals surface area contributed by atoms with Crippen LogP contribution in [0.5, 0.6) is 5.75 Å². The molecule has 4 unspecified atom stereocenters. The second kappa shape index (κ2) is 9.80. The van der Waals surface area contributed by atoms with E-state index in [0.717, 1.165) is 22.5 Å². The van der Waals surface area contributed by atoms with Crippen LogP contribution in [0.25, 0.3) is 0 Å². The van der Waals surface area contributed by atoms with Crippen molar-refractivity contribution >= 4 is 40.4 Å². The number of imide groups is 1. The number of nitrogens with zero attached hydrogens (tertiary/aromatic N) is 1. The van der Waals surface area contributed by atoms with Crippen molar-refractivity contribution in [2.45, 2.75) is 25.7 Å². The fourth-order valence-corrected chi connectivity index (χ4v) is 7.06. The molecule has 1 saturated heterocycles. The number of phenols is 1. The highest BCUT2D eigenvalue weighted by molar-refractivity contribution is 6.25. The van der Waals surface area contributed by atoms with E-state index < -0.39 is 23.7 Å². The summed E-state index contributed by atoms with van der Waals surface area (Å²) in [6.07, 6.45) is 4.00. The van der Waals surface area contributed by atoms with E-state index in [-0.39, 0.29) is 35.6 Å². The van der Waals surface area contributed by atoms with E-state index in [0.29, 0.717) is 28.8 Å². The molecule has 3 aromatic carbocycles. The van der Waals surface area contributed by atoms with Crippen LogP contribution in [-0.2, 0) is 19.2 Å². The second-order valence-electron chi connectivity index (χ2n) is 11.4. The van der Waals surface area contributed by atoms with Gasteiger partial charge in [-0.3, -0.25) is 24.1 Å². The van der Waals surface area contributed by atoms with Gasteiger partial charge in [-0.25, -0.2) is 0 Å². The third kappa shape index (κ3) is 4.04. The topological polar surface area (TPSA) is 104 Å². The molecule has 0 aromatic heterocycles. The zero-order chi connectivity index (χ0) is 29.1. The quantitative estimate of drug-likeness (QED) is 0.240. The number of carbonyl (C=O) groups is 4. The van der Waals surface area contributed by atoms with Gasteiger partial charge in [0.1, 0.15) is 5.75 Å². The average molecular weight is 557 g/mol. The van der Waals surface area contributed by atoms with Crippen LogP contribution in [0.1, 0.15) is 31.2 Å². The maximum absolute atomic E-state index is 14.1. The van der Waals surface area contributed by atoms with Crippen LogP contribution >= 0.6 is 0 Å². The molecule has 0 bridgehead atoms. The SMILES string of the molecule is CC1=CC(=O)C2=C(CC3C(=CCC4C(=O)N(c5ccc(Nc6ccccc6)cc5)C(=O)C43)C2c2ccc(O)cc2)C1=O. The Morgan fingerprint density at radius 3 is 2.21 bits per heavy atom. The van der Waals surface area contributed by atoms with Crippen LogP contribution in [0.3, 0.4) is 0 Å². The fraction of sp³-hybridized carbons (Fsp3) is 0.200. The van der Waals surface area contributed by atoms with Crippen molar-refractivity contribution in [1.29, 1.82) is 0 Å². The summed E-state index contributed by atoms with van der Waals surface area (Å²) in [5.41, 5.74) is 5.16. The maximum atomic E-state index is 14.1. The molecule has 2 amide bonds. The molecule has 1 heterocycles. The number of hydrogen-bond acceptors (Lipinski definition) is 6. The molecule has 4 atom stereocenters. The van der Waals surface area contributed by atoms with Gasteiger partial charge in [0, 0.05) is 34.0 Å². The number of phenolic OH excluding ortho intramolecular Hbond substituents is 1.